The van der Waals surface area contributed by atoms with Crippen LogP contribution in [0.5, 0.6) is 0 Å². The van der Waals surface area contributed by atoms with Gasteiger partial charge in [-0.3, -0.25) is 0 Å². The molecule has 0 atom stereocenters. The first-order valence-corrected chi connectivity index (χ1v) is 22.3. The Morgan fingerprint density at radius 2 is 0.644 bits per heavy atom. The standard InChI is InChI=1S/C58H77N/c1-52(2,3)38-27-36(28-39(31-38)53(4,5)6)45-23-22-24-47-49(45)50-48(59(47)44-34-42(56(13,14)15)33-43(35-44)57(16,17)18)26-25-46(51(50)58(19,20)21)37-29-40(54(7,8)9)32-41(30-37)55(10,11)12/h22-35H,1-21H3. The van der Waals surface area contributed by atoms with Gasteiger partial charge in [-0.2, -0.15) is 0 Å². The molecule has 0 saturated carbocycles. The summed E-state index contributed by atoms with van der Waals surface area (Å²) in [5.74, 6) is 0. The highest BCUT2D eigenvalue weighted by Crippen LogP contribution is 2.49. The van der Waals surface area contributed by atoms with Crippen molar-refractivity contribution in [2.24, 2.45) is 0 Å². The molecule has 0 aliphatic rings. The summed E-state index contributed by atoms with van der Waals surface area (Å²) in [6, 6.07) is 34.2. The summed E-state index contributed by atoms with van der Waals surface area (Å²) < 4.78 is 2.60. The predicted molar refractivity (Wildman–Crippen MR) is 263 cm³/mol. The molecule has 0 N–H and O–H groups in total. The molecular formula is C58H77N. The van der Waals surface area contributed by atoms with E-state index in [-0.39, 0.29) is 37.9 Å². The fourth-order valence-corrected chi connectivity index (χ4v) is 8.59. The van der Waals surface area contributed by atoms with Crippen LogP contribution in [-0.2, 0) is 37.9 Å². The Hall–Kier alpha value is -4.10. The van der Waals surface area contributed by atoms with E-state index in [0.29, 0.717) is 0 Å². The Morgan fingerprint density at radius 1 is 0.305 bits per heavy atom. The highest BCUT2D eigenvalue weighted by molar-refractivity contribution is 6.18. The van der Waals surface area contributed by atoms with E-state index in [4.69, 9.17) is 0 Å². The van der Waals surface area contributed by atoms with Crippen molar-refractivity contribution >= 4 is 21.8 Å². The van der Waals surface area contributed by atoms with Gasteiger partial charge < -0.3 is 4.57 Å². The monoisotopic (exact) mass is 788 g/mol. The highest BCUT2D eigenvalue weighted by Gasteiger charge is 2.31. The van der Waals surface area contributed by atoms with E-state index in [2.05, 4.69) is 235 Å². The lowest BCUT2D eigenvalue weighted by molar-refractivity contribution is 0.567. The lowest BCUT2D eigenvalue weighted by Crippen LogP contribution is -2.18. The maximum Gasteiger partial charge on any atom is 0.0547 e. The summed E-state index contributed by atoms with van der Waals surface area (Å²) in [6.07, 6.45) is 0. The van der Waals surface area contributed by atoms with E-state index in [1.165, 1.54) is 88.7 Å². The lowest BCUT2D eigenvalue weighted by atomic mass is 9.75. The van der Waals surface area contributed by atoms with Gasteiger partial charge >= 0.3 is 0 Å². The van der Waals surface area contributed by atoms with E-state index in [9.17, 15) is 0 Å². The summed E-state index contributed by atoms with van der Waals surface area (Å²) >= 11 is 0. The molecule has 0 saturated heterocycles. The Morgan fingerprint density at radius 3 is 1.00 bits per heavy atom. The van der Waals surface area contributed by atoms with Gasteiger partial charge in [0.2, 0.25) is 0 Å². The van der Waals surface area contributed by atoms with Crippen LogP contribution in [0.4, 0.5) is 0 Å². The molecule has 1 heterocycles. The highest BCUT2D eigenvalue weighted by atomic mass is 15.0. The topological polar surface area (TPSA) is 4.93 Å². The van der Waals surface area contributed by atoms with E-state index < -0.39 is 0 Å². The molecule has 0 aliphatic heterocycles. The van der Waals surface area contributed by atoms with Crippen molar-refractivity contribution in [3.05, 3.63) is 124 Å². The van der Waals surface area contributed by atoms with Crippen LogP contribution in [0, 0.1) is 0 Å². The fraction of sp³-hybridized carbons (Fsp3) is 0.483. The molecule has 0 bridgehead atoms. The van der Waals surface area contributed by atoms with Crippen LogP contribution >= 0.6 is 0 Å². The number of aromatic nitrogens is 1. The van der Waals surface area contributed by atoms with Gasteiger partial charge in [0.25, 0.3) is 0 Å². The second kappa shape index (κ2) is 14.2. The molecule has 6 rings (SSSR count). The van der Waals surface area contributed by atoms with Crippen molar-refractivity contribution in [3.8, 4) is 27.9 Å². The maximum atomic E-state index is 2.60. The summed E-state index contributed by atoms with van der Waals surface area (Å²) in [6.45, 7) is 49.5. The van der Waals surface area contributed by atoms with Crippen LogP contribution in [-0.4, -0.2) is 4.57 Å². The summed E-state index contributed by atoms with van der Waals surface area (Å²) in [4.78, 5) is 0. The van der Waals surface area contributed by atoms with Crippen LogP contribution in [0.15, 0.2) is 84.9 Å². The average molecular weight is 788 g/mol. The third kappa shape index (κ3) is 8.74. The molecular weight excluding hydrogens is 711 g/mol. The molecule has 0 radical (unpaired) electrons. The number of benzene rings is 5. The number of fused-ring (bicyclic) bond motifs is 3. The van der Waals surface area contributed by atoms with Gasteiger partial charge in [-0.25, -0.2) is 0 Å². The van der Waals surface area contributed by atoms with Crippen molar-refractivity contribution < 1.29 is 0 Å². The Balaban J connectivity index is 1.90. The van der Waals surface area contributed by atoms with Gasteiger partial charge in [-0.05, 0) is 123 Å². The third-order valence-corrected chi connectivity index (χ3v) is 12.6. The Bertz CT molecular complexity index is 2450. The van der Waals surface area contributed by atoms with Crippen molar-refractivity contribution in [2.75, 3.05) is 0 Å². The SMILES string of the molecule is CC(C)(C)c1cc(-c2ccc3c(c2C(C)(C)C)c2c(-c4cc(C(C)(C)C)cc(C(C)(C)C)c4)cccc2n3-c2cc(C(C)(C)C)cc(C(C)(C)C)c2)cc(C(C)(C)C)c1. The number of nitrogens with zero attached hydrogens (tertiary/aromatic N) is 1. The Labute approximate surface area is 360 Å². The molecule has 5 aromatic carbocycles. The van der Waals surface area contributed by atoms with Crippen molar-refractivity contribution in [2.45, 2.75) is 183 Å². The fourth-order valence-electron chi connectivity index (χ4n) is 8.59. The Kier molecular flexibility index (Phi) is 10.7. The molecule has 1 aromatic heterocycles. The van der Waals surface area contributed by atoms with Gasteiger partial charge in [-0.15, -0.1) is 0 Å². The first-order valence-electron chi connectivity index (χ1n) is 22.3. The number of hydrogen-bond donors (Lipinski definition) is 0. The largest absolute Gasteiger partial charge is 0.309 e. The van der Waals surface area contributed by atoms with E-state index in [1.807, 2.05) is 0 Å². The summed E-state index contributed by atoms with van der Waals surface area (Å²) in [7, 11) is 0. The minimum Gasteiger partial charge on any atom is -0.309 e. The molecule has 1 nitrogen and oxygen atoms in total. The van der Waals surface area contributed by atoms with Gasteiger partial charge in [0.05, 0.1) is 11.0 Å². The van der Waals surface area contributed by atoms with E-state index >= 15 is 0 Å². The molecule has 314 valence electrons. The van der Waals surface area contributed by atoms with Crippen LogP contribution in [0.2, 0.25) is 0 Å². The molecule has 59 heavy (non-hydrogen) atoms. The first-order chi connectivity index (χ1) is 26.7. The summed E-state index contributed by atoms with van der Waals surface area (Å²) in [5, 5.41) is 2.69. The molecule has 0 amide bonds. The van der Waals surface area contributed by atoms with E-state index in [0.717, 1.165) is 0 Å². The summed E-state index contributed by atoms with van der Waals surface area (Å²) in [5.41, 5.74) is 18.4. The van der Waals surface area contributed by atoms with Gasteiger partial charge in [-0.1, -0.05) is 206 Å². The average Bonchev–Trinajstić information content (AvgIpc) is 3.42. The van der Waals surface area contributed by atoms with Crippen molar-refractivity contribution in [3.63, 3.8) is 0 Å². The van der Waals surface area contributed by atoms with Crippen LogP contribution < -0.4 is 0 Å². The molecule has 0 unspecified atom stereocenters. The second-order valence-electron chi connectivity index (χ2n) is 25.0. The van der Waals surface area contributed by atoms with Crippen LogP contribution in [0.1, 0.15) is 184 Å². The zero-order chi connectivity index (χ0) is 44.2. The second-order valence-corrected chi connectivity index (χ2v) is 25.0. The first kappa shape index (κ1) is 44.5. The molecule has 0 aliphatic carbocycles. The minimum atomic E-state index is -0.172. The van der Waals surface area contributed by atoms with Gasteiger partial charge in [0.1, 0.15) is 0 Å². The van der Waals surface area contributed by atoms with Gasteiger partial charge in [0.15, 0.2) is 0 Å². The van der Waals surface area contributed by atoms with Crippen molar-refractivity contribution in [1.29, 1.82) is 0 Å². The smallest absolute Gasteiger partial charge is 0.0547 e. The van der Waals surface area contributed by atoms with Crippen molar-refractivity contribution in [1.82, 2.24) is 4.57 Å². The quantitative estimate of drug-likeness (QED) is 0.168. The van der Waals surface area contributed by atoms with Gasteiger partial charge in [0, 0.05) is 16.5 Å². The zero-order valence-electron chi connectivity index (χ0n) is 41.0. The lowest BCUT2D eigenvalue weighted by Gasteiger charge is -2.29. The van der Waals surface area contributed by atoms with Crippen LogP contribution in [0.25, 0.3) is 49.7 Å². The van der Waals surface area contributed by atoms with E-state index in [1.54, 1.807) is 0 Å². The number of hydrogen-bond acceptors (Lipinski definition) is 0. The molecule has 1 heteroatoms. The zero-order valence-corrected chi connectivity index (χ0v) is 41.0. The normalized spacial score (nSPS) is 13.8. The predicted octanol–water partition coefficient (Wildman–Crippen LogP) is 17.2. The molecule has 0 fully saturated rings. The third-order valence-electron chi connectivity index (χ3n) is 12.6. The molecule has 6 aromatic rings. The van der Waals surface area contributed by atoms with Crippen LogP contribution in [0.3, 0.4) is 0 Å². The maximum absolute atomic E-state index is 2.60. The number of rotatable bonds is 3. The minimum absolute atomic E-state index is 0.00122. The molecule has 0 spiro atoms.